The van der Waals surface area contributed by atoms with Crippen molar-refractivity contribution in [2.24, 2.45) is 0 Å². The van der Waals surface area contributed by atoms with Gasteiger partial charge in [0.2, 0.25) is 0 Å². The molecule has 104 valence electrons. The smallest absolute Gasteiger partial charge is 0.126 e. The van der Waals surface area contributed by atoms with Gasteiger partial charge in [0.1, 0.15) is 23.9 Å². The molecule has 0 saturated heterocycles. The maximum absolute atomic E-state index is 9.43. The molecule has 2 atom stereocenters. The van der Waals surface area contributed by atoms with Gasteiger partial charge < -0.3 is 14.6 Å². The Hall–Kier alpha value is -1.68. The number of benzene rings is 2. The molecule has 20 heavy (non-hydrogen) atoms. The summed E-state index contributed by atoms with van der Waals surface area (Å²) in [5.41, 5.74) is 2.28. The molecule has 0 fully saturated rings. The van der Waals surface area contributed by atoms with Crippen LogP contribution in [0.4, 0.5) is 0 Å². The fourth-order valence-electron chi connectivity index (χ4n) is 2.55. The molecule has 1 aliphatic heterocycles. The Bertz CT molecular complexity index is 610. The van der Waals surface area contributed by atoms with Gasteiger partial charge in [-0.1, -0.05) is 34.1 Å². The van der Waals surface area contributed by atoms with E-state index in [-0.39, 0.29) is 16.5 Å². The Morgan fingerprint density at radius 3 is 2.65 bits per heavy atom. The van der Waals surface area contributed by atoms with Gasteiger partial charge in [0, 0.05) is 17.5 Å². The summed E-state index contributed by atoms with van der Waals surface area (Å²) in [7, 11) is 1.65. The van der Waals surface area contributed by atoms with Crippen LogP contribution >= 0.6 is 15.9 Å². The molecule has 0 bridgehead atoms. The first-order valence-corrected chi connectivity index (χ1v) is 7.34. The first-order chi connectivity index (χ1) is 9.69. The second-order valence-electron chi connectivity index (χ2n) is 4.80. The molecule has 2 aromatic carbocycles. The van der Waals surface area contributed by atoms with Crippen molar-refractivity contribution in [1.29, 1.82) is 0 Å². The first kappa shape index (κ1) is 13.3. The molecule has 4 heteroatoms. The van der Waals surface area contributed by atoms with Crippen LogP contribution in [0.2, 0.25) is 0 Å². The number of halogens is 1. The van der Waals surface area contributed by atoms with Gasteiger partial charge >= 0.3 is 0 Å². The molecule has 3 rings (SSSR count). The van der Waals surface area contributed by atoms with Crippen molar-refractivity contribution in [1.82, 2.24) is 0 Å². The molecule has 2 unspecified atom stereocenters. The van der Waals surface area contributed by atoms with Crippen LogP contribution in [0.3, 0.4) is 0 Å². The lowest BCUT2D eigenvalue weighted by atomic mass is 9.86. The fourth-order valence-corrected chi connectivity index (χ4v) is 3.28. The predicted molar refractivity (Wildman–Crippen MR) is 81.2 cm³/mol. The van der Waals surface area contributed by atoms with E-state index in [9.17, 15) is 5.11 Å². The predicted octanol–water partition coefficient (Wildman–Crippen LogP) is 3.69. The van der Waals surface area contributed by atoms with Crippen molar-refractivity contribution in [2.75, 3.05) is 13.7 Å². The molecule has 0 amide bonds. The number of rotatable bonds is 2. The van der Waals surface area contributed by atoms with E-state index in [1.54, 1.807) is 19.2 Å². The zero-order chi connectivity index (χ0) is 14.1. The first-order valence-electron chi connectivity index (χ1n) is 6.43. The number of hydrogen-bond donors (Lipinski definition) is 1. The minimum absolute atomic E-state index is 0.199. The van der Waals surface area contributed by atoms with Crippen LogP contribution in [0.5, 0.6) is 17.2 Å². The number of ether oxygens (including phenoxy) is 2. The van der Waals surface area contributed by atoms with Crippen LogP contribution in [-0.4, -0.2) is 23.7 Å². The number of methoxy groups -OCH3 is 1. The van der Waals surface area contributed by atoms with Crippen LogP contribution in [0, 0.1) is 0 Å². The zero-order valence-electron chi connectivity index (χ0n) is 11.0. The summed E-state index contributed by atoms with van der Waals surface area (Å²) in [4.78, 5) is 0.202. The second-order valence-corrected chi connectivity index (χ2v) is 5.98. The van der Waals surface area contributed by atoms with E-state index in [4.69, 9.17) is 9.47 Å². The molecule has 1 aliphatic rings. The van der Waals surface area contributed by atoms with E-state index in [0.717, 1.165) is 22.6 Å². The minimum atomic E-state index is 0.199. The van der Waals surface area contributed by atoms with Crippen molar-refractivity contribution >= 4 is 15.9 Å². The highest BCUT2D eigenvalue weighted by molar-refractivity contribution is 9.09. The van der Waals surface area contributed by atoms with E-state index in [0.29, 0.717) is 6.61 Å². The van der Waals surface area contributed by atoms with Gasteiger partial charge in [0.05, 0.1) is 11.9 Å². The Labute approximate surface area is 126 Å². The molecule has 1 N–H and O–H groups in total. The average molecular weight is 335 g/mol. The van der Waals surface area contributed by atoms with Crippen LogP contribution in [0.1, 0.15) is 17.0 Å². The summed E-state index contributed by atoms with van der Waals surface area (Å²) in [6.45, 7) is 0.603. The lowest BCUT2D eigenvalue weighted by Gasteiger charge is -2.31. The molecular formula is C16H15BrO3. The van der Waals surface area contributed by atoms with Crippen molar-refractivity contribution < 1.29 is 14.6 Å². The fraction of sp³-hybridized carbons (Fsp3) is 0.250. The summed E-state index contributed by atoms with van der Waals surface area (Å²) in [5.74, 6) is 2.13. The number of aromatic hydroxyl groups is 1. The minimum Gasteiger partial charge on any atom is -0.508 e. The SMILES string of the molecule is COc1ccc2c(c1)OCC(Br)C2c1ccc(O)cc1. The van der Waals surface area contributed by atoms with Gasteiger partial charge in [-0.05, 0) is 23.8 Å². The van der Waals surface area contributed by atoms with Gasteiger partial charge in [-0.2, -0.15) is 0 Å². The second kappa shape index (κ2) is 5.37. The van der Waals surface area contributed by atoms with E-state index < -0.39 is 0 Å². The molecule has 0 saturated carbocycles. The third kappa shape index (κ3) is 2.36. The van der Waals surface area contributed by atoms with Crippen LogP contribution in [0.25, 0.3) is 0 Å². The van der Waals surface area contributed by atoms with Crippen molar-refractivity contribution in [3.05, 3.63) is 53.6 Å². The van der Waals surface area contributed by atoms with Crippen molar-refractivity contribution in [3.63, 3.8) is 0 Å². The monoisotopic (exact) mass is 334 g/mol. The molecular weight excluding hydrogens is 320 g/mol. The third-order valence-electron chi connectivity index (χ3n) is 3.57. The standard InChI is InChI=1S/C16H15BrO3/c1-19-12-6-7-13-15(8-12)20-9-14(17)16(13)10-2-4-11(18)5-3-10/h2-8,14,16,18H,9H2,1H3. The summed E-state index contributed by atoms with van der Waals surface area (Å²) >= 11 is 3.70. The molecule has 0 aliphatic carbocycles. The maximum Gasteiger partial charge on any atom is 0.126 e. The lowest BCUT2D eigenvalue weighted by molar-refractivity contribution is 0.283. The number of hydrogen-bond acceptors (Lipinski definition) is 3. The van der Waals surface area contributed by atoms with E-state index in [1.807, 2.05) is 30.3 Å². The van der Waals surface area contributed by atoms with Gasteiger partial charge in [-0.25, -0.2) is 0 Å². The average Bonchev–Trinajstić information content (AvgIpc) is 2.48. The highest BCUT2D eigenvalue weighted by Gasteiger charge is 2.30. The van der Waals surface area contributed by atoms with E-state index >= 15 is 0 Å². The maximum atomic E-state index is 9.43. The molecule has 2 aromatic rings. The highest BCUT2D eigenvalue weighted by Crippen LogP contribution is 2.42. The molecule has 0 radical (unpaired) electrons. The molecule has 3 nitrogen and oxygen atoms in total. The van der Waals surface area contributed by atoms with Gasteiger partial charge in [0.15, 0.2) is 0 Å². The molecule has 0 aromatic heterocycles. The quantitative estimate of drug-likeness (QED) is 0.851. The van der Waals surface area contributed by atoms with Crippen LogP contribution in [-0.2, 0) is 0 Å². The largest absolute Gasteiger partial charge is 0.508 e. The summed E-state index contributed by atoms with van der Waals surface area (Å²) in [5, 5.41) is 9.43. The van der Waals surface area contributed by atoms with Crippen molar-refractivity contribution in [3.8, 4) is 17.2 Å². The summed E-state index contributed by atoms with van der Waals surface area (Å²) in [6, 6.07) is 13.2. The molecule has 1 heterocycles. The topological polar surface area (TPSA) is 38.7 Å². The summed E-state index contributed by atoms with van der Waals surface area (Å²) < 4.78 is 11.0. The van der Waals surface area contributed by atoms with E-state index in [1.165, 1.54) is 0 Å². The molecule has 0 spiro atoms. The number of alkyl halides is 1. The van der Waals surface area contributed by atoms with Crippen molar-refractivity contribution in [2.45, 2.75) is 10.7 Å². The summed E-state index contributed by atoms with van der Waals surface area (Å²) in [6.07, 6.45) is 0. The Morgan fingerprint density at radius 2 is 1.95 bits per heavy atom. The van der Waals surface area contributed by atoms with Crippen LogP contribution < -0.4 is 9.47 Å². The number of phenols is 1. The normalized spacial score (nSPS) is 20.9. The third-order valence-corrected chi connectivity index (χ3v) is 4.36. The van der Waals surface area contributed by atoms with E-state index in [2.05, 4.69) is 15.9 Å². The van der Waals surface area contributed by atoms with Gasteiger partial charge in [-0.3, -0.25) is 0 Å². The highest BCUT2D eigenvalue weighted by atomic mass is 79.9. The lowest BCUT2D eigenvalue weighted by Crippen LogP contribution is -2.26. The Kier molecular flexibility index (Phi) is 3.57. The number of phenolic OH excluding ortho intramolecular Hbond substituents is 1. The van der Waals surface area contributed by atoms with Gasteiger partial charge in [-0.15, -0.1) is 0 Å². The van der Waals surface area contributed by atoms with Gasteiger partial charge in [0.25, 0.3) is 0 Å². The Balaban J connectivity index is 2.05. The zero-order valence-corrected chi connectivity index (χ0v) is 12.6. The Morgan fingerprint density at radius 1 is 1.20 bits per heavy atom. The number of fused-ring (bicyclic) bond motifs is 1. The van der Waals surface area contributed by atoms with Crippen LogP contribution in [0.15, 0.2) is 42.5 Å².